The number of carbonyl (C=O) groups is 1. The highest BCUT2D eigenvalue weighted by Gasteiger charge is 2.33. The van der Waals surface area contributed by atoms with E-state index in [1.54, 1.807) is 0 Å². The molecule has 0 radical (unpaired) electrons. The van der Waals surface area contributed by atoms with Crippen molar-refractivity contribution in [3.8, 4) is 0 Å². The van der Waals surface area contributed by atoms with Gasteiger partial charge in [-0.3, -0.25) is 4.79 Å². The Bertz CT molecular complexity index is 476. The zero-order chi connectivity index (χ0) is 14.8. The van der Waals surface area contributed by atoms with Crippen LogP contribution in [0.5, 0.6) is 0 Å². The lowest BCUT2D eigenvalue weighted by Gasteiger charge is -2.19. The zero-order valence-corrected chi connectivity index (χ0v) is 11.1. The molecule has 0 aromatic heterocycles. The number of halogens is 3. The highest BCUT2D eigenvalue weighted by atomic mass is 19.4. The maximum Gasteiger partial charge on any atom is 0.418 e. The lowest BCUT2D eigenvalue weighted by Crippen LogP contribution is -2.32. The van der Waals surface area contributed by atoms with Gasteiger partial charge in [0.05, 0.1) is 5.56 Å². The Morgan fingerprint density at radius 2 is 1.84 bits per heavy atom. The van der Waals surface area contributed by atoms with E-state index >= 15 is 0 Å². The minimum Gasteiger partial charge on any atom is -0.398 e. The number of alkyl halides is 3. The van der Waals surface area contributed by atoms with Crippen molar-refractivity contribution in [1.29, 1.82) is 0 Å². The third-order valence-electron chi connectivity index (χ3n) is 2.40. The summed E-state index contributed by atoms with van der Waals surface area (Å²) in [7, 11) is 0. The van der Waals surface area contributed by atoms with E-state index < -0.39 is 17.6 Å². The number of amides is 1. The number of hydrogen-bond donors (Lipinski definition) is 2. The molecular weight excluding hydrogens is 257 g/mol. The molecule has 0 aliphatic carbocycles. The molecule has 0 fully saturated rings. The summed E-state index contributed by atoms with van der Waals surface area (Å²) in [6.45, 7) is 6.11. The Hall–Kier alpha value is -1.72. The molecule has 3 nitrogen and oxygen atoms in total. The van der Waals surface area contributed by atoms with Gasteiger partial charge in [0, 0.05) is 17.8 Å². The first-order valence-electron chi connectivity index (χ1n) is 5.75. The van der Waals surface area contributed by atoms with Gasteiger partial charge in [-0.1, -0.05) is 20.8 Å². The third kappa shape index (κ3) is 4.46. The van der Waals surface area contributed by atoms with Crippen molar-refractivity contribution in [3.05, 3.63) is 29.3 Å². The molecule has 0 atom stereocenters. The zero-order valence-electron chi connectivity index (χ0n) is 11.1. The average Bonchev–Trinajstić information content (AvgIpc) is 2.24. The second-order valence-corrected chi connectivity index (χ2v) is 5.54. The highest BCUT2D eigenvalue weighted by molar-refractivity contribution is 5.94. The van der Waals surface area contributed by atoms with E-state index in [0.717, 1.165) is 12.1 Å². The van der Waals surface area contributed by atoms with Crippen molar-refractivity contribution in [2.24, 2.45) is 5.41 Å². The normalized spacial score (nSPS) is 12.3. The monoisotopic (exact) mass is 274 g/mol. The summed E-state index contributed by atoms with van der Waals surface area (Å²) >= 11 is 0. The standard InChI is InChI=1S/C13H17F3N2O/c1-12(2,3)7-18-11(19)8-4-5-10(17)9(6-8)13(14,15)16/h4-6H,7,17H2,1-3H3,(H,18,19). The predicted molar refractivity (Wildman–Crippen MR) is 67.6 cm³/mol. The fraction of sp³-hybridized carbons (Fsp3) is 0.462. The largest absolute Gasteiger partial charge is 0.418 e. The quantitative estimate of drug-likeness (QED) is 0.814. The number of rotatable bonds is 2. The third-order valence-corrected chi connectivity index (χ3v) is 2.40. The van der Waals surface area contributed by atoms with Gasteiger partial charge < -0.3 is 11.1 Å². The van der Waals surface area contributed by atoms with Crippen LogP contribution in [0.2, 0.25) is 0 Å². The Labute approximate surface area is 110 Å². The number of benzene rings is 1. The summed E-state index contributed by atoms with van der Waals surface area (Å²) in [6.07, 6.45) is -4.57. The molecule has 1 amide bonds. The molecule has 0 saturated heterocycles. The number of carbonyl (C=O) groups excluding carboxylic acids is 1. The fourth-order valence-electron chi connectivity index (χ4n) is 1.39. The summed E-state index contributed by atoms with van der Waals surface area (Å²) in [5.41, 5.74) is 3.70. The van der Waals surface area contributed by atoms with Crippen LogP contribution in [0.15, 0.2) is 18.2 Å². The number of nitrogens with one attached hydrogen (secondary N) is 1. The SMILES string of the molecule is CC(C)(C)CNC(=O)c1ccc(N)c(C(F)(F)F)c1. The smallest absolute Gasteiger partial charge is 0.398 e. The first kappa shape index (κ1) is 15.3. The van der Waals surface area contributed by atoms with Crippen molar-refractivity contribution in [2.45, 2.75) is 26.9 Å². The first-order valence-corrected chi connectivity index (χ1v) is 5.75. The molecular formula is C13H17F3N2O. The van der Waals surface area contributed by atoms with Crippen LogP contribution in [0.25, 0.3) is 0 Å². The molecule has 0 saturated carbocycles. The highest BCUT2D eigenvalue weighted by Crippen LogP contribution is 2.34. The number of nitrogen functional groups attached to an aromatic ring is 1. The van der Waals surface area contributed by atoms with Gasteiger partial charge in [0.1, 0.15) is 0 Å². The van der Waals surface area contributed by atoms with Crippen LogP contribution in [-0.2, 0) is 6.18 Å². The van der Waals surface area contributed by atoms with Crippen LogP contribution in [0.1, 0.15) is 36.7 Å². The molecule has 3 N–H and O–H groups in total. The van der Waals surface area contributed by atoms with Gasteiger partial charge in [0.25, 0.3) is 5.91 Å². The molecule has 0 aliphatic rings. The minimum atomic E-state index is -4.57. The predicted octanol–water partition coefficient (Wildman–Crippen LogP) is 3.06. The number of anilines is 1. The van der Waals surface area contributed by atoms with Gasteiger partial charge in [0.15, 0.2) is 0 Å². The van der Waals surface area contributed by atoms with Crippen LogP contribution >= 0.6 is 0 Å². The summed E-state index contributed by atoms with van der Waals surface area (Å²) in [4.78, 5) is 11.8. The summed E-state index contributed by atoms with van der Waals surface area (Å²) in [6, 6.07) is 3.14. The van der Waals surface area contributed by atoms with Gasteiger partial charge in [-0.25, -0.2) is 0 Å². The molecule has 19 heavy (non-hydrogen) atoms. The van der Waals surface area contributed by atoms with E-state index in [-0.39, 0.29) is 16.7 Å². The van der Waals surface area contributed by atoms with Gasteiger partial charge >= 0.3 is 6.18 Å². The molecule has 0 unspecified atom stereocenters. The van der Waals surface area contributed by atoms with Crippen LogP contribution < -0.4 is 11.1 Å². The molecule has 0 bridgehead atoms. The number of nitrogens with two attached hydrogens (primary N) is 1. The van der Waals surface area contributed by atoms with Crippen molar-refractivity contribution < 1.29 is 18.0 Å². The van der Waals surface area contributed by atoms with Crippen molar-refractivity contribution in [2.75, 3.05) is 12.3 Å². The van der Waals surface area contributed by atoms with Crippen molar-refractivity contribution in [1.82, 2.24) is 5.32 Å². The Kier molecular flexibility index (Phi) is 4.12. The van der Waals surface area contributed by atoms with E-state index in [9.17, 15) is 18.0 Å². The van der Waals surface area contributed by atoms with Crippen LogP contribution in [0.3, 0.4) is 0 Å². The van der Waals surface area contributed by atoms with Gasteiger partial charge in [0.2, 0.25) is 0 Å². The Balaban J connectivity index is 2.94. The lowest BCUT2D eigenvalue weighted by molar-refractivity contribution is -0.136. The van der Waals surface area contributed by atoms with Crippen molar-refractivity contribution in [3.63, 3.8) is 0 Å². The lowest BCUT2D eigenvalue weighted by atomic mass is 9.97. The Morgan fingerprint density at radius 3 is 2.32 bits per heavy atom. The second-order valence-electron chi connectivity index (χ2n) is 5.54. The maximum absolute atomic E-state index is 12.7. The molecule has 1 aromatic carbocycles. The molecule has 0 aliphatic heterocycles. The molecule has 1 aromatic rings. The van der Waals surface area contributed by atoms with Crippen LogP contribution in [0.4, 0.5) is 18.9 Å². The Morgan fingerprint density at radius 1 is 1.26 bits per heavy atom. The van der Waals surface area contributed by atoms with Gasteiger partial charge in [-0.2, -0.15) is 13.2 Å². The summed E-state index contributed by atoms with van der Waals surface area (Å²) < 4.78 is 38.0. The minimum absolute atomic E-state index is 0.0502. The fourth-order valence-corrected chi connectivity index (χ4v) is 1.39. The van der Waals surface area contributed by atoms with E-state index in [0.29, 0.717) is 6.54 Å². The van der Waals surface area contributed by atoms with E-state index in [1.807, 2.05) is 20.8 Å². The topological polar surface area (TPSA) is 55.1 Å². The number of hydrogen-bond acceptors (Lipinski definition) is 2. The maximum atomic E-state index is 12.7. The van der Waals surface area contributed by atoms with Gasteiger partial charge in [-0.05, 0) is 23.6 Å². The second kappa shape index (κ2) is 5.11. The first-order chi connectivity index (χ1) is 8.50. The van der Waals surface area contributed by atoms with Gasteiger partial charge in [-0.15, -0.1) is 0 Å². The molecule has 6 heteroatoms. The molecule has 0 heterocycles. The summed E-state index contributed by atoms with van der Waals surface area (Å²) in [5.74, 6) is -0.541. The molecule has 1 rings (SSSR count). The summed E-state index contributed by atoms with van der Waals surface area (Å²) in [5, 5.41) is 2.59. The average molecular weight is 274 g/mol. The van der Waals surface area contributed by atoms with E-state index in [2.05, 4.69) is 5.32 Å². The van der Waals surface area contributed by atoms with E-state index in [4.69, 9.17) is 5.73 Å². The van der Waals surface area contributed by atoms with E-state index in [1.165, 1.54) is 6.07 Å². The van der Waals surface area contributed by atoms with Crippen LogP contribution in [0, 0.1) is 5.41 Å². The molecule has 0 spiro atoms. The molecule has 106 valence electrons. The van der Waals surface area contributed by atoms with Crippen LogP contribution in [-0.4, -0.2) is 12.5 Å². The van der Waals surface area contributed by atoms with Crippen molar-refractivity contribution >= 4 is 11.6 Å².